The Bertz CT molecular complexity index is 773. The van der Waals surface area contributed by atoms with Gasteiger partial charge in [-0.25, -0.2) is 14.4 Å². The van der Waals surface area contributed by atoms with E-state index >= 15 is 0 Å². The molecule has 0 fully saturated rings. The summed E-state index contributed by atoms with van der Waals surface area (Å²) in [6, 6.07) is 2.83. The number of hydrogen-bond donors (Lipinski definition) is 1. The molecule has 0 saturated carbocycles. The van der Waals surface area contributed by atoms with Crippen molar-refractivity contribution in [2.24, 2.45) is 5.92 Å². The molecule has 0 heterocycles. The zero-order valence-electron chi connectivity index (χ0n) is 18.2. The van der Waals surface area contributed by atoms with E-state index in [1.165, 1.54) is 7.05 Å². The molecule has 0 aromatic heterocycles. The molecule has 0 bridgehead atoms. The van der Waals surface area contributed by atoms with Crippen LogP contribution in [0.5, 0.6) is 0 Å². The first kappa shape index (κ1) is 26.1. The second-order valence-corrected chi connectivity index (χ2v) is 7.96. The van der Waals surface area contributed by atoms with Gasteiger partial charge < -0.3 is 19.5 Å². The van der Waals surface area contributed by atoms with Gasteiger partial charge in [-0.3, -0.25) is 4.90 Å². The second-order valence-electron chi connectivity index (χ2n) is 7.96. The summed E-state index contributed by atoms with van der Waals surface area (Å²) in [5, 5.41) is 2.40. The van der Waals surface area contributed by atoms with E-state index in [2.05, 4.69) is 5.32 Å². The van der Waals surface area contributed by atoms with E-state index in [0.29, 0.717) is 0 Å². The van der Waals surface area contributed by atoms with Gasteiger partial charge in [-0.1, -0.05) is 13.8 Å². The first-order chi connectivity index (χ1) is 14.1. The second kappa shape index (κ2) is 10.4. The first-order valence-corrected chi connectivity index (χ1v) is 9.35. The molecule has 2 amide bonds. The van der Waals surface area contributed by atoms with E-state index < -0.39 is 48.3 Å². The van der Waals surface area contributed by atoms with Crippen molar-refractivity contribution in [3.63, 3.8) is 0 Å². The standard InChI is InChI=1S/C20H27F3N2O6/c1-12(2)15(24-17(27)31-19(3,4)5)16(26)29-11-30-18(28)25(6)14-9-7-13(8-10-14)20(21,22)23/h7-10,12,15H,11H2,1-6H3,(H,24,27)/t15-/m0/s1. The molecule has 0 aliphatic heterocycles. The number of halogens is 3. The average molecular weight is 448 g/mol. The number of ether oxygens (including phenoxy) is 3. The lowest BCUT2D eigenvalue weighted by molar-refractivity contribution is -0.155. The number of benzene rings is 1. The van der Waals surface area contributed by atoms with Gasteiger partial charge in [0, 0.05) is 12.7 Å². The monoisotopic (exact) mass is 448 g/mol. The molecular weight excluding hydrogens is 421 g/mol. The van der Waals surface area contributed by atoms with E-state index in [1.54, 1.807) is 34.6 Å². The molecular formula is C20H27F3N2O6. The van der Waals surface area contributed by atoms with Gasteiger partial charge >= 0.3 is 24.3 Å². The predicted octanol–water partition coefficient (Wildman–Crippen LogP) is 4.33. The Morgan fingerprint density at radius 1 is 1.03 bits per heavy atom. The number of esters is 1. The Morgan fingerprint density at radius 2 is 1.58 bits per heavy atom. The summed E-state index contributed by atoms with van der Waals surface area (Å²) >= 11 is 0. The van der Waals surface area contributed by atoms with Crippen LogP contribution in [0.2, 0.25) is 0 Å². The van der Waals surface area contributed by atoms with Gasteiger partial charge in [-0.05, 0) is 51.0 Å². The summed E-state index contributed by atoms with van der Waals surface area (Å²) in [6.45, 7) is 7.61. The highest BCUT2D eigenvalue weighted by atomic mass is 19.4. The molecule has 0 spiro atoms. The van der Waals surface area contributed by atoms with Crippen molar-refractivity contribution in [2.45, 2.75) is 52.4 Å². The third kappa shape index (κ3) is 8.73. The van der Waals surface area contributed by atoms with Gasteiger partial charge in [0.05, 0.1) is 5.56 Å². The summed E-state index contributed by atoms with van der Waals surface area (Å²) in [6.07, 6.45) is -6.25. The predicted molar refractivity (Wildman–Crippen MR) is 105 cm³/mol. The van der Waals surface area contributed by atoms with E-state index in [1.807, 2.05) is 0 Å². The number of amides is 2. The minimum atomic E-state index is -4.49. The minimum Gasteiger partial charge on any atom is -0.444 e. The molecule has 0 radical (unpaired) electrons. The largest absolute Gasteiger partial charge is 0.444 e. The molecule has 8 nitrogen and oxygen atoms in total. The van der Waals surface area contributed by atoms with E-state index in [4.69, 9.17) is 14.2 Å². The number of alkyl halides is 3. The van der Waals surface area contributed by atoms with Crippen molar-refractivity contribution in [3.8, 4) is 0 Å². The number of alkyl carbamates (subject to hydrolysis) is 1. The summed E-state index contributed by atoms with van der Waals surface area (Å²) in [5.74, 6) is -1.18. The molecule has 1 rings (SSSR count). The quantitative estimate of drug-likeness (QED) is 0.514. The van der Waals surface area contributed by atoms with Crippen LogP contribution in [0.15, 0.2) is 24.3 Å². The molecule has 1 atom stereocenters. The number of hydrogen-bond acceptors (Lipinski definition) is 6. The van der Waals surface area contributed by atoms with Gasteiger partial charge in [0.1, 0.15) is 11.6 Å². The van der Waals surface area contributed by atoms with Gasteiger partial charge in [0.2, 0.25) is 6.79 Å². The fourth-order valence-corrected chi connectivity index (χ4v) is 2.24. The summed E-state index contributed by atoms with van der Waals surface area (Å²) in [5.41, 5.74) is -1.46. The highest BCUT2D eigenvalue weighted by Crippen LogP contribution is 2.30. The molecule has 0 saturated heterocycles. The molecule has 1 aromatic carbocycles. The molecule has 174 valence electrons. The van der Waals surface area contributed by atoms with Gasteiger partial charge in [-0.2, -0.15) is 13.2 Å². The molecule has 0 aliphatic carbocycles. The Morgan fingerprint density at radius 3 is 2.03 bits per heavy atom. The SMILES string of the molecule is CC(C)[C@H](NC(=O)OC(C)(C)C)C(=O)OCOC(=O)N(C)c1ccc(C(F)(F)F)cc1. The van der Waals surface area contributed by atoms with E-state index in [9.17, 15) is 27.6 Å². The third-order valence-electron chi connectivity index (χ3n) is 3.83. The lowest BCUT2D eigenvalue weighted by atomic mass is 10.1. The summed E-state index contributed by atoms with van der Waals surface area (Å²) in [4.78, 5) is 37.1. The normalized spacial score (nSPS) is 12.7. The zero-order valence-corrected chi connectivity index (χ0v) is 18.2. The molecule has 11 heteroatoms. The van der Waals surface area contributed by atoms with Crippen LogP contribution in [-0.2, 0) is 25.2 Å². The van der Waals surface area contributed by atoms with Crippen LogP contribution in [0.3, 0.4) is 0 Å². The number of rotatable bonds is 6. The van der Waals surface area contributed by atoms with E-state index in [0.717, 1.165) is 29.2 Å². The lowest BCUT2D eigenvalue weighted by Crippen LogP contribution is -2.47. The Labute approximate surface area is 178 Å². The van der Waals surface area contributed by atoms with Crippen LogP contribution in [0.25, 0.3) is 0 Å². The van der Waals surface area contributed by atoms with Crippen LogP contribution >= 0.6 is 0 Å². The van der Waals surface area contributed by atoms with Crippen molar-refractivity contribution in [2.75, 3.05) is 18.7 Å². The van der Waals surface area contributed by atoms with Crippen molar-refractivity contribution in [1.82, 2.24) is 5.32 Å². The number of anilines is 1. The smallest absolute Gasteiger partial charge is 0.416 e. The van der Waals surface area contributed by atoms with Crippen LogP contribution in [0.4, 0.5) is 28.4 Å². The number of carbonyl (C=O) groups is 3. The van der Waals surface area contributed by atoms with Gasteiger partial charge in [-0.15, -0.1) is 0 Å². The molecule has 31 heavy (non-hydrogen) atoms. The van der Waals surface area contributed by atoms with Crippen LogP contribution in [0.1, 0.15) is 40.2 Å². The van der Waals surface area contributed by atoms with Crippen molar-refractivity contribution >= 4 is 23.8 Å². The fourth-order valence-electron chi connectivity index (χ4n) is 2.24. The Kier molecular flexibility index (Phi) is 8.71. The van der Waals surface area contributed by atoms with Gasteiger partial charge in [0.15, 0.2) is 0 Å². The topological polar surface area (TPSA) is 94.2 Å². The first-order valence-electron chi connectivity index (χ1n) is 9.35. The van der Waals surface area contributed by atoms with Crippen LogP contribution in [-0.4, -0.2) is 43.6 Å². The van der Waals surface area contributed by atoms with Crippen LogP contribution < -0.4 is 10.2 Å². The highest BCUT2D eigenvalue weighted by molar-refractivity contribution is 5.87. The summed E-state index contributed by atoms with van der Waals surface area (Å²) < 4.78 is 52.7. The molecule has 1 N–H and O–H groups in total. The van der Waals surface area contributed by atoms with Crippen molar-refractivity contribution < 1.29 is 41.8 Å². The number of carbonyl (C=O) groups excluding carboxylic acids is 3. The van der Waals surface area contributed by atoms with E-state index in [-0.39, 0.29) is 11.6 Å². The number of nitrogens with one attached hydrogen (secondary N) is 1. The van der Waals surface area contributed by atoms with Crippen LogP contribution in [0, 0.1) is 5.92 Å². The maximum Gasteiger partial charge on any atom is 0.416 e. The van der Waals surface area contributed by atoms with Crippen molar-refractivity contribution in [3.05, 3.63) is 29.8 Å². The maximum absolute atomic E-state index is 12.6. The average Bonchev–Trinajstić information content (AvgIpc) is 2.63. The highest BCUT2D eigenvalue weighted by Gasteiger charge is 2.31. The number of nitrogens with zero attached hydrogens (tertiary/aromatic N) is 1. The molecule has 0 aliphatic rings. The third-order valence-corrected chi connectivity index (χ3v) is 3.83. The Hall–Kier alpha value is -2.98. The summed E-state index contributed by atoms with van der Waals surface area (Å²) in [7, 11) is 1.29. The lowest BCUT2D eigenvalue weighted by Gasteiger charge is -2.24. The van der Waals surface area contributed by atoms with Gasteiger partial charge in [0.25, 0.3) is 0 Å². The Balaban J connectivity index is 2.60. The molecule has 0 unspecified atom stereocenters. The fraction of sp³-hybridized carbons (Fsp3) is 0.550. The molecule has 1 aromatic rings. The maximum atomic E-state index is 12.6. The van der Waals surface area contributed by atoms with Crippen molar-refractivity contribution in [1.29, 1.82) is 0 Å². The minimum absolute atomic E-state index is 0.149. The zero-order chi connectivity index (χ0) is 24.0.